The monoisotopic (exact) mass is 327 g/mol. The van der Waals surface area contributed by atoms with E-state index < -0.39 is 14.9 Å². The Bertz CT molecular complexity index is 701. The molecule has 0 spiro atoms. The maximum atomic E-state index is 12.5. The lowest BCUT2D eigenvalue weighted by atomic mass is 10.2. The lowest BCUT2D eigenvalue weighted by molar-refractivity contribution is -0.385. The molecule has 22 heavy (non-hydrogen) atoms. The lowest BCUT2D eigenvalue weighted by Gasteiger charge is -2.35. The molecule has 8 nitrogen and oxygen atoms in total. The van der Waals surface area contributed by atoms with Gasteiger partial charge in [0.2, 0.25) is 15.9 Å². The minimum atomic E-state index is -3.92. The number of nitro groups is 1. The number of piperazine rings is 1. The summed E-state index contributed by atoms with van der Waals surface area (Å²) >= 11 is 0. The predicted octanol–water partition coefficient (Wildman–Crippen LogP) is 0.836. The number of sulfonamides is 1. The van der Waals surface area contributed by atoms with Crippen LogP contribution in [0.4, 0.5) is 5.69 Å². The molecule has 1 saturated heterocycles. The van der Waals surface area contributed by atoms with Crippen LogP contribution in [0.5, 0.6) is 0 Å². The maximum absolute atomic E-state index is 12.5. The van der Waals surface area contributed by atoms with Gasteiger partial charge in [-0.1, -0.05) is 6.07 Å². The van der Waals surface area contributed by atoms with E-state index >= 15 is 0 Å². The molecule has 0 radical (unpaired) electrons. The molecule has 1 fully saturated rings. The summed E-state index contributed by atoms with van der Waals surface area (Å²) in [4.78, 5) is 23.6. The molecule has 1 aliphatic rings. The number of amides is 1. The SMILES string of the molecule is CC(C)N1CCN(S(=O)(=O)c2cccc([N+](=O)[O-])c2)CC1=O. The van der Waals surface area contributed by atoms with E-state index in [4.69, 9.17) is 0 Å². The van der Waals surface area contributed by atoms with E-state index in [1.165, 1.54) is 18.2 Å². The summed E-state index contributed by atoms with van der Waals surface area (Å²) < 4.78 is 26.1. The molecule has 0 aliphatic carbocycles. The molecule has 2 rings (SSSR count). The van der Waals surface area contributed by atoms with Gasteiger partial charge < -0.3 is 4.90 Å². The van der Waals surface area contributed by atoms with E-state index in [0.717, 1.165) is 10.4 Å². The van der Waals surface area contributed by atoms with Gasteiger partial charge >= 0.3 is 0 Å². The molecule has 0 saturated carbocycles. The van der Waals surface area contributed by atoms with Gasteiger partial charge in [0.05, 0.1) is 16.4 Å². The van der Waals surface area contributed by atoms with Crippen LogP contribution in [-0.2, 0) is 14.8 Å². The largest absolute Gasteiger partial charge is 0.338 e. The third-order valence-electron chi connectivity index (χ3n) is 3.51. The second kappa shape index (κ2) is 6.01. The Morgan fingerprint density at radius 3 is 2.50 bits per heavy atom. The highest BCUT2D eigenvalue weighted by molar-refractivity contribution is 7.89. The predicted molar refractivity (Wildman–Crippen MR) is 78.7 cm³/mol. The number of non-ortho nitro benzene ring substituents is 1. The highest BCUT2D eigenvalue weighted by atomic mass is 32.2. The van der Waals surface area contributed by atoms with Crippen LogP contribution in [0.1, 0.15) is 13.8 Å². The fourth-order valence-corrected chi connectivity index (χ4v) is 3.74. The molecule has 0 bridgehead atoms. The molecule has 9 heteroatoms. The van der Waals surface area contributed by atoms with Crippen LogP contribution in [0.15, 0.2) is 29.2 Å². The number of hydrogen-bond donors (Lipinski definition) is 0. The average Bonchev–Trinajstić information content (AvgIpc) is 2.46. The van der Waals surface area contributed by atoms with Crippen LogP contribution in [0.2, 0.25) is 0 Å². The van der Waals surface area contributed by atoms with Crippen molar-refractivity contribution in [2.75, 3.05) is 19.6 Å². The van der Waals surface area contributed by atoms with Gasteiger partial charge in [0.25, 0.3) is 5.69 Å². The van der Waals surface area contributed by atoms with Crippen LogP contribution < -0.4 is 0 Å². The Morgan fingerprint density at radius 1 is 1.27 bits per heavy atom. The summed E-state index contributed by atoms with van der Waals surface area (Å²) in [7, 11) is -3.92. The topological polar surface area (TPSA) is 101 Å². The normalized spacial score (nSPS) is 17.0. The summed E-state index contributed by atoms with van der Waals surface area (Å²) in [6, 6.07) is 4.85. The molecule has 1 amide bonds. The van der Waals surface area contributed by atoms with Gasteiger partial charge in [-0.15, -0.1) is 0 Å². The summed E-state index contributed by atoms with van der Waals surface area (Å²) in [5.74, 6) is -0.268. The fourth-order valence-electron chi connectivity index (χ4n) is 2.32. The van der Waals surface area contributed by atoms with Gasteiger partial charge in [-0.05, 0) is 19.9 Å². The number of hydrogen-bond acceptors (Lipinski definition) is 5. The average molecular weight is 327 g/mol. The highest BCUT2D eigenvalue weighted by Gasteiger charge is 2.34. The molecule has 0 aromatic heterocycles. The zero-order chi connectivity index (χ0) is 16.5. The van der Waals surface area contributed by atoms with Crippen LogP contribution >= 0.6 is 0 Å². The number of nitro benzene ring substituents is 1. The number of benzene rings is 1. The van der Waals surface area contributed by atoms with Crippen molar-refractivity contribution in [3.05, 3.63) is 34.4 Å². The molecule has 0 atom stereocenters. The number of rotatable bonds is 4. The maximum Gasteiger partial charge on any atom is 0.270 e. The van der Waals surface area contributed by atoms with E-state index in [2.05, 4.69) is 0 Å². The van der Waals surface area contributed by atoms with Gasteiger partial charge in [0.15, 0.2) is 0 Å². The third-order valence-corrected chi connectivity index (χ3v) is 5.35. The first kappa shape index (κ1) is 16.4. The quantitative estimate of drug-likeness (QED) is 0.602. The lowest BCUT2D eigenvalue weighted by Crippen LogP contribution is -2.54. The molecule has 0 unspecified atom stereocenters. The first-order valence-electron chi connectivity index (χ1n) is 6.77. The zero-order valence-corrected chi connectivity index (χ0v) is 13.1. The molecular weight excluding hydrogens is 310 g/mol. The standard InChI is InChI=1S/C13H17N3O5S/c1-10(2)15-7-6-14(9-13(15)17)22(20,21)12-5-3-4-11(8-12)16(18)19/h3-5,8,10H,6-7,9H2,1-2H3. The Balaban J connectivity index is 2.27. The van der Waals surface area contributed by atoms with Gasteiger partial charge in [-0.2, -0.15) is 4.31 Å². The summed E-state index contributed by atoms with van der Waals surface area (Å²) in [6.45, 7) is 3.97. The minimum Gasteiger partial charge on any atom is -0.338 e. The Labute approximate surface area is 128 Å². The number of nitrogens with zero attached hydrogens (tertiary/aromatic N) is 3. The minimum absolute atomic E-state index is 0.00941. The van der Waals surface area contributed by atoms with Gasteiger partial charge in [-0.25, -0.2) is 8.42 Å². The smallest absolute Gasteiger partial charge is 0.270 e. The number of carbonyl (C=O) groups is 1. The first-order valence-corrected chi connectivity index (χ1v) is 8.21. The molecule has 120 valence electrons. The molecule has 1 aliphatic heterocycles. The Hall–Kier alpha value is -2.00. The first-order chi connectivity index (χ1) is 10.2. The van der Waals surface area contributed by atoms with Crippen molar-refractivity contribution in [2.45, 2.75) is 24.8 Å². The van der Waals surface area contributed by atoms with Gasteiger partial charge in [0.1, 0.15) is 0 Å². The van der Waals surface area contributed by atoms with Gasteiger partial charge in [0, 0.05) is 31.3 Å². The molecule has 1 aromatic rings. The fraction of sp³-hybridized carbons (Fsp3) is 0.462. The Kier molecular flexibility index (Phi) is 4.47. The second-order valence-corrected chi connectivity index (χ2v) is 7.21. The summed E-state index contributed by atoms with van der Waals surface area (Å²) in [6.07, 6.45) is 0. The van der Waals surface area contributed by atoms with Crippen molar-refractivity contribution < 1.29 is 18.1 Å². The summed E-state index contributed by atoms with van der Waals surface area (Å²) in [5.41, 5.74) is -0.298. The highest BCUT2D eigenvalue weighted by Crippen LogP contribution is 2.22. The number of carbonyl (C=O) groups excluding carboxylic acids is 1. The van der Waals surface area contributed by atoms with E-state index in [1.807, 2.05) is 13.8 Å². The van der Waals surface area contributed by atoms with Crippen molar-refractivity contribution in [1.82, 2.24) is 9.21 Å². The van der Waals surface area contributed by atoms with E-state index in [1.54, 1.807) is 4.90 Å². The zero-order valence-electron chi connectivity index (χ0n) is 12.3. The van der Waals surface area contributed by atoms with Crippen molar-refractivity contribution >= 4 is 21.6 Å². The van der Waals surface area contributed by atoms with E-state index in [-0.39, 0.29) is 35.6 Å². The van der Waals surface area contributed by atoms with Crippen LogP contribution in [0, 0.1) is 10.1 Å². The van der Waals surface area contributed by atoms with E-state index in [9.17, 15) is 23.3 Å². The summed E-state index contributed by atoms with van der Waals surface area (Å²) in [5, 5.41) is 10.8. The third kappa shape index (κ3) is 3.09. The van der Waals surface area contributed by atoms with Crippen LogP contribution in [0.3, 0.4) is 0 Å². The van der Waals surface area contributed by atoms with Crippen LogP contribution in [-0.4, -0.2) is 54.1 Å². The van der Waals surface area contributed by atoms with Crippen molar-refractivity contribution in [2.24, 2.45) is 0 Å². The van der Waals surface area contributed by atoms with Crippen LogP contribution in [0.25, 0.3) is 0 Å². The van der Waals surface area contributed by atoms with Crippen molar-refractivity contribution in [1.29, 1.82) is 0 Å². The van der Waals surface area contributed by atoms with Crippen molar-refractivity contribution in [3.63, 3.8) is 0 Å². The van der Waals surface area contributed by atoms with Gasteiger partial charge in [-0.3, -0.25) is 14.9 Å². The molecule has 1 heterocycles. The molecule has 1 aromatic carbocycles. The Morgan fingerprint density at radius 2 is 1.95 bits per heavy atom. The molecule has 0 N–H and O–H groups in total. The van der Waals surface area contributed by atoms with E-state index in [0.29, 0.717) is 6.54 Å². The second-order valence-electron chi connectivity index (χ2n) is 5.27. The van der Waals surface area contributed by atoms with Crippen molar-refractivity contribution in [3.8, 4) is 0 Å². The molecular formula is C13H17N3O5S.